The maximum atomic E-state index is 11.7. The molecule has 1 aromatic carbocycles. The van der Waals surface area contributed by atoms with Crippen molar-refractivity contribution in [2.75, 3.05) is 6.54 Å². The number of benzene rings is 1. The van der Waals surface area contributed by atoms with E-state index in [-0.39, 0.29) is 5.91 Å². The number of rotatable bonds is 4. The van der Waals surface area contributed by atoms with Crippen molar-refractivity contribution in [1.82, 2.24) is 10.5 Å². The standard InChI is InChI=1S/C13H14N2O2/c1-10-9-12(17-15-10)7-8-14-13(16)11-5-3-2-4-6-11/h2-6,9H,7-8H2,1H3,(H,14,16). The Morgan fingerprint density at radius 1 is 1.35 bits per heavy atom. The molecule has 0 radical (unpaired) electrons. The molecule has 1 aromatic heterocycles. The van der Waals surface area contributed by atoms with Gasteiger partial charge in [-0.2, -0.15) is 0 Å². The summed E-state index contributed by atoms with van der Waals surface area (Å²) in [6, 6.07) is 11.0. The SMILES string of the molecule is Cc1cc(CCNC(=O)c2ccccc2)on1. The summed E-state index contributed by atoms with van der Waals surface area (Å²) < 4.78 is 5.05. The average Bonchev–Trinajstić information content (AvgIpc) is 2.76. The average molecular weight is 230 g/mol. The van der Waals surface area contributed by atoms with Gasteiger partial charge >= 0.3 is 0 Å². The summed E-state index contributed by atoms with van der Waals surface area (Å²) in [4.78, 5) is 11.7. The largest absolute Gasteiger partial charge is 0.361 e. The fourth-order valence-corrected chi connectivity index (χ4v) is 1.52. The molecule has 4 nitrogen and oxygen atoms in total. The van der Waals surface area contributed by atoms with Gasteiger partial charge < -0.3 is 9.84 Å². The third-order valence-corrected chi connectivity index (χ3v) is 2.37. The lowest BCUT2D eigenvalue weighted by Crippen LogP contribution is -2.25. The molecular weight excluding hydrogens is 216 g/mol. The highest BCUT2D eigenvalue weighted by Gasteiger charge is 2.05. The highest BCUT2D eigenvalue weighted by molar-refractivity contribution is 5.94. The number of amides is 1. The molecule has 0 aliphatic rings. The van der Waals surface area contributed by atoms with Crippen LogP contribution < -0.4 is 5.32 Å². The van der Waals surface area contributed by atoms with Crippen molar-refractivity contribution < 1.29 is 9.32 Å². The highest BCUT2D eigenvalue weighted by Crippen LogP contribution is 2.02. The number of aromatic nitrogens is 1. The summed E-state index contributed by atoms with van der Waals surface area (Å²) in [5.74, 6) is 0.720. The Labute approximate surface area is 99.6 Å². The van der Waals surface area contributed by atoms with Crippen LogP contribution in [0.3, 0.4) is 0 Å². The van der Waals surface area contributed by atoms with Crippen molar-refractivity contribution in [3.63, 3.8) is 0 Å². The summed E-state index contributed by atoms with van der Waals surface area (Å²) in [7, 11) is 0. The Hall–Kier alpha value is -2.10. The lowest BCUT2D eigenvalue weighted by Gasteiger charge is -2.02. The van der Waals surface area contributed by atoms with Crippen LogP contribution in [0.4, 0.5) is 0 Å². The maximum absolute atomic E-state index is 11.7. The number of nitrogens with zero attached hydrogens (tertiary/aromatic N) is 1. The van der Waals surface area contributed by atoms with Gasteiger partial charge in [0.25, 0.3) is 5.91 Å². The van der Waals surface area contributed by atoms with E-state index in [2.05, 4.69) is 10.5 Å². The van der Waals surface area contributed by atoms with E-state index < -0.39 is 0 Å². The van der Waals surface area contributed by atoms with E-state index in [1.165, 1.54) is 0 Å². The summed E-state index contributed by atoms with van der Waals surface area (Å²) >= 11 is 0. The minimum atomic E-state index is -0.0677. The Bertz CT molecular complexity index is 491. The molecule has 0 saturated carbocycles. The zero-order valence-electron chi connectivity index (χ0n) is 9.64. The lowest BCUT2D eigenvalue weighted by molar-refractivity contribution is 0.0953. The molecule has 0 spiro atoms. The number of hydrogen-bond donors (Lipinski definition) is 1. The zero-order valence-corrected chi connectivity index (χ0v) is 9.64. The first-order chi connectivity index (χ1) is 8.25. The van der Waals surface area contributed by atoms with E-state index in [0.717, 1.165) is 11.5 Å². The van der Waals surface area contributed by atoms with Crippen LogP contribution >= 0.6 is 0 Å². The first-order valence-electron chi connectivity index (χ1n) is 5.51. The number of hydrogen-bond acceptors (Lipinski definition) is 3. The van der Waals surface area contributed by atoms with Crippen molar-refractivity contribution in [2.24, 2.45) is 0 Å². The molecule has 0 unspecified atom stereocenters. The van der Waals surface area contributed by atoms with Crippen LogP contribution in [-0.2, 0) is 6.42 Å². The van der Waals surface area contributed by atoms with E-state index in [4.69, 9.17) is 4.52 Å². The Morgan fingerprint density at radius 2 is 2.12 bits per heavy atom. The fourth-order valence-electron chi connectivity index (χ4n) is 1.52. The topological polar surface area (TPSA) is 55.1 Å². The summed E-state index contributed by atoms with van der Waals surface area (Å²) in [5, 5.41) is 6.61. The van der Waals surface area contributed by atoms with Gasteiger partial charge in [-0.1, -0.05) is 23.4 Å². The molecule has 0 fully saturated rings. The second-order valence-electron chi connectivity index (χ2n) is 3.81. The van der Waals surface area contributed by atoms with Gasteiger partial charge in [-0.25, -0.2) is 0 Å². The van der Waals surface area contributed by atoms with E-state index in [0.29, 0.717) is 18.5 Å². The van der Waals surface area contributed by atoms with Gasteiger partial charge in [0.2, 0.25) is 0 Å². The highest BCUT2D eigenvalue weighted by atomic mass is 16.5. The van der Waals surface area contributed by atoms with Gasteiger partial charge in [0.05, 0.1) is 5.69 Å². The summed E-state index contributed by atoms with van der Waals surface area (Å²) in [6.45, 7) is 2.41. The van der Waals surface area contributed by atoms with Gasteiger partial charge in [-0.15, -0.1) is 0 Å². The van der Waals surface area contributed by atoms with E-state index in [1.807, 2.05) is 31.2 Å². The van der Waals surface area contributed by atoms with Crippen molar-refractivity contribution in [1.29, 1.82) is 0 Å². The van der Waals surface area contributed by atoms with E-state index >= 15 is 0 Å². The Kier molecular flexibility index (Phi) is 3.55. The number of carbonyl (C=O) groups is 1. The maximum Gasteiger partial charge on any atom is 0.251 e. The van der Waals surface area contributed by atoms with Gasteiger partial charge in [0.15, 0.2) is 0 Å². The summed E-state index contributed by atoms with van der Waals surface area (Å²) in [6.07, 6.45) is 0.652. The van der Waals surface area contributed by atoms with Gasteiger partial charge in [0.1, 0.15) is 5.76 Å². The molecule has 4 heteroatoms. The molecule has 88 valence electrons. The first-order valence-corrected chi connectivity index (χ1v) is 5.51. The minimum Gasteiger partial charge on any atom is -0.361 e. The molecule has 1 heterocycles. The first kappa shape index (κ1) is 11.4. The van der Waals surface area contributed by atoms with Crippen LogP contribution in [0.5, 0.6) is 0 Å². The van der Waals surface area contributed by atoms with Gasteiger partial charge in [-0.05, 0) is 19.1 Å². The number of aryl methyl sites for hydroxylation is 1. The lowest BCUT2D eigenvalue weighted by atomic mass is 10.2. The van der Waals surface area contributed by atoms with Crippen LogP contribution in [-0.4, -0.2) is 17.6 Å². The van der Waals surface area contributed by atoms with E-state index in [9.17, 15) is 4.79 Å². The van der Waals surface area contributed by atoms with Crippen molar-refractivity contribution >= 4 is 5.91 Å². The molecule has 0 saturated heterocycles. The molecule has 0 aliphatic heterocycles. The predicted octanol–water partition coefficient (Wildman–Crippen LogP) is 1.96. The molecular formula is C13H14N2O2. The van der Waals surface area contributed by atoms with Gasteiger partial charge in [-0.3, -0.25) is 4.79 Å². The van der Waals surface area contributed by atoms with Crippen LogP contribution in [0.1, 0.15) is 21.8 Å². The molecule has 0 atom stereocenters. The Balaban J connectivity index is 1.81. The molecule has 1 amide bonds. The molecule has 1 N–H and O–H groups in total. The molecule has 2 rings (SSSR count). The monoisotopic (exact) mass is 230 g/mol. The van der Waals surface area contributed by atoms with Crippen molar-refractivity contribution in [3.05, 3.63) is 53.4 Å². The molecule has 17 heavy (non-hydrogen) atoms. The predicted molar refractivity (Wildman–Crippen MR) is 63.7 cm³/mol. The van der Waals surface area contributed by atoms with Crippen LogP contribution in [0.25, 0.3) is 0 Å². The number of nitrogens with one attached hydrogen (secondary N) is 1. The van der Waals surface area contributed by atoms with Crippen molar-refractivity contribution in [2.45, 2.75) is 13.3 Å². The second kappa shape index (κ2) is 5.30. The fraction of sp³-hybridized carbons (Fsp3) is 0.231. The van der Waals surface area contributed by atoms with Crippen molar-refractivity contribution in [3.8, 4) is 0 Å². The van der Waals surface area contributed by atoms with Gasteiger partial charge in [0, 0.05) is 24.6 Å². The molecule has 2 aromatic rings. The van der Waals surface area contributed by atoms with Crippen LogP contribution in [0, 0.1) is 6.92 Å². The van der Waals surface area contributed by atoms with Crippen LogP contribution in [0.15, 0.2) is 40.9 Å². The second-order valence-corrected chi connectivity index (χ2v) is 3.81. The minimum absolute atomic E-state index is 0.0677. The summed E-state index contributed by atoms with van der Waals surface area (Å²) in [5.41, 5.74) is 1.52. The molecule has 0 aliphatic carbocycles. The van der Waals surface area contributed by atoms with Crippen LogP contribution in [0.2, 0.25) is 0 Å². The third kappa shape index (κ3) is 3.17. The van der Waals surface area contributed by atoms with E-state index in [1.54, 1.807) is 12.1 Å². The quantitative estimate of drug-likeness (QED) is 0.873. The smallest absolute Gasteiger partial charge is 0.251 e. The third-order valence-electron chi connectivity index (χ3n) is 2.37. The normalized spacial score (nSPS) is 10.2. The molecule has 0 bridgehead atoms. The number of carbonyl (C=O) groups excluding carboxylic acids is 1. The zero-order chi connectivity index (χ0) is 12.1. The Morgan fingerprint density at radius 3 is 2.76 bits per heavy atom.